The molecule has 2 aliphatic rings. The third-order valence-electron chi connectivity index (χ3n) is 7.32. The molecular weight excluding hydrogens is 499 g/mol. The van der Waals surface area contributed by atoms with Crippen molar-refractivity contribution in [1.82, 2.24) is 0 Å². The SMILES string of the molecule is Cc1cccc(C2CCC(CC(=O)c3ccc(Oc4cc5c(cc4Cl)C(C(=O)[O-])CCO5)cc3)C2)c1.[Na+]. The second-order valence-corrected chi connectivity index (χ2v) is 10.3. The Labute approximate surface area is 244 Å². The summed E-state index contributed by atoms with van der Waals surface area (Å²) in [4.78, 5) is 24.4. The topological polar surface area (TPSA) is 75.7 Å². The van der Waals surface area contributed by atoms with E-state index in [-0.39, 0.29) is 47.0 Å². The van der Waals surface area contributed by atoms with Crippen LogP contribution in [0.3, 0.4) is 0 Å². The normalized spacial score (nSPS) is 20.3. The Morgan fingerprint density at radius 1 is 1.05 bits per heavy atom. The van der Waals surface area contributed by atoms with E-state index in [1.165, 1.54) is 11.1 Å². The summed E-state index contributed by atoms with van der Waals surface area (Å²) < 4.78 is 11.5. The molecular formula is C30H28ClNaO5. The smallest absolute Gasteiger partial charge is 0.549 e. The fourth-order valence-electron chi connectivity index (χ4n) is 5.42. The molecule has 3 atom stereocenters. The fraction of sp³-hybridized carbons (Fsp3) is 0.333. The maximum Gasteiger partial charge on any atom is 1.00 e. The van der Waals surface area contributed by atoms with Crippen molar-refractivity contribution in [3.05, 3.63) is 87.9 Å². The van der Waals surface area contributed by atoms with Crippen LogP contribution in [0.2, 0.25) is 5.02 Å². The van der Waals surface area contributed by atoms with Crippen LogP contribution in [-0.2, 0) is 4.79 Å². The van der Waals surface area contributed by atoms with Gasteiger partial charge in [0, 0.05) is 35.5 Å². The molecule has 5 nitrogen and oxygen atoms in total. The van der Waals surface area contributed by atoms with Gasteiger partial charge in [0.05, 0.1) is 11.6 Å². The van der Waals surface area contributed by atoms with Crippen LogP contribution >= 0.6 is 11.6 Å². The largest absolute Gasteiger partial charge is 1.00 e. The molecule has 0 bridgehead atoms. The van der Waals surface area contributed by atoms with Gasteiger partial charge in [-0.25, -0.2) is 0 Å². The third-order valence-corrected chi connectivity index (χ3v) is 7.62. The number of ether oxygens (including phenoxy) is 2. The molecule has 3 aromatic carbocycles. The van der Waals surface area contributed by atoms with Crippen molar-refractivity contribution in [2.24, 2.45) is 5.92 Å². The van der Waals surface area contributed by atoms with E-state index >= 15 is 0 Å². The minimum Gasteiger partial charge on any atom is -0.549 e. The number of benzene rings is 3. The van der Waals surface area contributed by atoms with E-state index in [0.717, 1.165) is 19.3 Å². The molecule has 3 aromatic rings. The Morgan fingerprint density at radius 2 is 1.84 bits per heavy atom. The number of carboxylic acid groups (broad SMARTS) is 1. The summed E-state index contributed by atoms with van der Waals surface area (Å²) >= 11 is 6.37. The molecule has 37 heavy (non-hydrogen) atoms. The Balaban J connectivity index is 0.00000320. The first-order valence-electron chi connectivity index (χ1n) is 12.4. The number of hydrogen-bond donors (Lipinski definition) is 0. The molecule has 1 aliphatic heterocycles. The van der Waals surface area contributed by atoms with Crippen LogP contribution in [0.1, 0.15) is 71.0 Å². The molecule has 3 unspecified atom stereocenters. The Hall–Kier alpha value is -2.31. The Kier molecular flexibility index (Phi) is 9.02. The van der Waals surface area contributed by atoms with Gasteiger partial charge in [-0.15, -0.1) is 0 Å². The molecule has 186 valence electrons. The zero-order valence-corrected chi connectivity index (χ0v) is 23.9. The average molecular weight is 527 g/mol. The van der Waals surface area contributed by atoms with Crippen LogP contribution in [0.4, 0.5) is 0 Å². The van der Waals surface area contributed by atoms with Crippen molar-refractivity contribution in [2.75, 3.05) is 6.61 Å². The van der Waals surface area contributed by atoms with Gasteiger partial charge in [0.15, 0.2) is 5.78 Å². The van der Waals surface area contributed by atoms with Crippen molar-refractivity contribution in [3.8, 4) is 17.2 Å². The second kappa shape index (κ2) is 12.0. The van der Waals surface area contributed by atoms with Gasteiger partial charge in [-0.2, -0.15) is 0 Å². The number of halogens is 1. The van der Waals surface area contributed by atoms with E-state index < -0.39 is 11.9 Å². The molecule has 1 aliphatic carbocycles. The summed E-state index contributed by atoms with van der Waals surface area (Å²) in [5.74, 6) is 0.504. The van der Waals surface area contributed by atoms with Crippen molar-refractivity contribution >= 4 is 23.4 Å². The number of hydrogen-bond acceptors (Lipinski definition) is 5. The van der Waals surface area contributed by atoms with E-state index in [1.54, 1.807) is 36.4 Å². The maximum atomic E-state index is 12.9. The van der Waals surface area contributed by atoms with Gasteiger partial charge in [-0.05, 0) is 80.3 Å². The van der Waals surface area contributed by atoms with Crippen molar-refractivity contribution in [1.29, 1.82) is 0 Å². The minimum absolute atomic E-state index is 0. The summed E-state index contributed by atoms with van der Waals surface area (Å²) in [6.45, 7) is 2.41. The summed E-state index contributed by atoms with van der Waals surface area (Å²) in [5.41, 5.74) is 3.82. The van der Waals surface area contributed by atoms with Crippen LogP contribution < -0.4 is 44.1 Å². The summed E-state index contributed by atoms with van der Waals surface area (Å²) in [6, 6.07) is 18.9. The number of ketones is 1. The molecule has 0 N–H and O–H groups in total. The van der Waals surface area contributed by atoms with Crippen molar-refractivity contribution < 1.29 is 53.7 Å². The molecule has 0 amide bonds. The molecule has 0 aromatic heterocycles. The van der Waals surface area contributed by atoms with Crippen LogP contribution in [-0.4, -0.2) is 18.4 Å². The van der Waals surface area contributed by atoms with Gasteiger partial charge in [0.1, 0.15) is 17.2 Å². The van der Waals surface area contributed by atoms with E-state index in [2.05, 4.69) is 31.2 Å². The zero-order valence-electron chi connectivity index (χ0n) is 21.2. The molecule has 1 heterocycles. The predicted octanol–water partition coefficient (Wildman–Crippen LogP) is 3.22. The number of carboxylic acids is 1. The van der Waals surface area contributed by atoms with E-state index in [1.807, 2.05) is 0 Å². The molecule has 1 fully saturated rings. The first kappa shape index (κ1) is 27.7. The molecule has 0 spiro atoms. The standard InChI is InChI=1S/C30H29ClO5.Na/c1-18-3-2-4-21(13-18)22-6-5-19(14-22)15-27(32)20-7-9-23(10-8-20)36-29-17-28-25(16-26(29)31)24(30(33)34)11-12-35-28;/h2-4,7-10,13,16-17,19,22,24H,5-6,11-12,14-15H2,1H3,(H,33,34);/q;+1/p-1. The second-order valence-electron chi connectivity index (χ2n) is 9.87. The Bertz CT molecular complexity index is 1290. The number of carbonyl (C=O) groups excluding carboxylic acids is 2. The van der Waals surface area contributed by atoms with Gasteiger partial charge >= 0.3 is 29.6 Å². The number of aliphatic carboxylic acids is 1. The third kappa shape index (κ3) is 6.40. The predicted molar refractivity (Wildman–Crippen MR) is 136 cm³/mol. The monoisotopic (exact) mass is 526 g/mol. The van der Waals surface area contributed by atoms with Gasteiger partial charge in [-0.1, -0.05) is 41.4 Å². The molecule has 1 saturated carbocycles. The fourth-order valence-corrected chi connectivity index (χ4v) is 5.63. The number of Topliss-reactive ketones (excluding diaryl/α,β-unsaturated/α-hetero) is 1. The number of carbonyl (C=O) groups is 2. The first-order chi connectivity index (χ1) is 17.4. The molecule has 5 rings (SSSR count). The van der Waals surface area contributed by atoms with Crippen LogP contribution in [0, 0.1) is 12.8 Å². The van der Waals surface area contributed by atoms with E-state index in [4.69, 9.17) is 21.1 Å². The van der Waals surface area contributed by atoms with Crippen molar-refractivity contribution in [2.45, 2.75) is 50.9 Å². The number of aryl methyl sites for hydroxylation is 1. The summed E-state index contributed by atoms with van der Waals surface area (Å²) in [7, 11) is 0. The van der Waals surface area contributed by atoms with Gasteiger partial charge in [0.25, 0.3) is 0 Å². The minimum atomic E-state index is -1.15. The van der Waals surface area contributed by atoms with Gasteiger partial charge < -0.3 is 19.4 Å². The molecule has 0 saturated heterocycles. The maximum absolute atomic E-state index is 12.9. The quantitative estimate of drug-likeness (QED) is 0.349. The molecule has 0 radical (unpaired) electrons. The van der Waals surface area contributed by atoms with Gasteiger partial charge in [-0.3, -0.25) is 4.79 Å². The average Bonchev–Trinajstić information content (AvgIpc) is 3.33. The molecule has 7 heteroatoms. The van der Waals surface area contributed by atoms with Crippen LogP contribution in [0.5, 0.6) is 17.2 Å². The Morgan fingerprint density at radius 3 is 2.57 bits per heavy atom. The van der Waals surface area contributed by atoms with E-state index in [0.29, 0.717) is 53.1 Å². The zero-order chi connectivity index (χ0) is 25.2. The summed E-state index contributed by atoms with van der Waals surface area (Å²) in [5, 5.41) is 11.7. The van der Waals surface area contributed by atoms with Crippen LogP contribution in [0.15, 0.2) is 60.7 Å². The van der Waals surface area contributed by atoms with Crippen molar-refractivity contribution in [3.63, 3.8) is 0 Å². The number of rotatable bonds is 7. The first-order valence-corrected chi connectivity index (χ1v) is 12.8. The van der Waals surface area contributed by atoms with Gasteiger partial charge in [0.2, 0.25) is 0 Å². The number of fused-ring (bicyclic) bond motifs is 1. The summed E-state index contributed by atoms with van der Waals surface area (Å²) in [6.07, 6.45) is 4.14. The van der Waals surface area contributed by atoms with Crippen LogP contribution in [0.25, 0.3) is 0 Å². The van der Waals surface area contributed by atoms with E-state index in [9.17, 15) is 14.7 Å².